The lowest BCUT2D eigenvalue weighted by Gasteiger charge is -2.34. The van der Waals surface area contributed by atoms with Gasteiger partial charge in [-0.15, -0.1) is 0 Å². The third kappa shape index (κ3) is 3.34. The maximum Gasteiger partial charge on any atom is 0.433 e. The van der Waals surface area contributed by atoms with E-state index in [0.717, 1.165) is 11.6 Å². The van der Waals surface area contributed by atoms with Crippen molar-refractivity contribution in [3.8, 4) is 6.01 Å². The molecule has 2 aromatic rings. The van der Waals surface area contributed by atoms with Gasteiger partial charge in [-0.25, -0.2) is 4.98 Å². The Morgan fingerprint density at radius 1 is 1.37 bits per heavy atom. The minimum absolute atomic E-state index is 0.207. The van der Waals surface area contributed by atoms with Crippen LogP contribution in [0.1, 0.15) is 23.9 Å². The number of halogens is 3. The third-order valence-corrected chi connectivity index (χ3v) is 4.73. The van der Waals surface area contributed by atoms with Crippen LogP contribution >= 0.6 is 0 Å². The number of pyridine rings is 1. The number of imidazole rings is 1. The van der Waals surface area contributed by atoms with Gasteiger partial charge in [-0.3, -0.25) is 9.47 Å². The van der Waals surface area contributed by atoms with Gasteiger partial charge in [0.1, 0.15) is 17.5 Å². The number of nitrogens with zero attached hydrogens (tertiary/aromatic N) is 5. The average Bonchev–Trinajstić information content (AvgIpc) is 3.08. The van der Waals surface area contributed by atoms with E-state index in [0.29, 0.717) is 38.3 Å². The average molecular weight is 383 g/mol. The minimum atomic E-state index is -4.44. The molecule has 0 N–H and O–H groups in total. The SMILES string of the molecule is CC1(CN2CCc3nc(C(F)(F)F)ccc3C2)Cn2cc([N+](=O)[O-])nc2O1. The first-order chi connectivity index (χ1) is 12.6. The summed E-state index contributed by atoms with van der Waals surface area (Å²) in [4.78, 5) is 19.9. The highest BCUT2D eigenvalue weighted by atomic mass is 19.4. The molecule has 0 spiro atoms. The van der Waals surface area contributed by atoms with E-state index >= 15 is 0 Å². The largest absolute Gasteiger partial charge is 0.436 e. The fourth-order valence-corrected chi connectivity index (χ4v) is 3.60. The molecule has 8 nitrogen and oxygen atoms in total. The van der Waals surface area contributed by atoms with Gasteiger partial charge in [0.2, 0.25) is 0 Å². The molecule has 0 aromatic carbocycles. The number of alkyl halides is 3. The van der Waals surface area contributed by atoms with Gasteiger partial charge < -0.3 is 14.9 Å². The first kappa shape index (κ1) is 17.7. The molecule has 0 fully saturated rings. The van der Waals surface area contributed by atoms with Gasteiger partial charge in [0.05, 0.1) is 6.54 Å². The zero-order valence-electron chi connectivity index (χ0n) is 14.4. The molecule has 4 heterocycles. The summed E-state index contributed by atoms with van der Waals surface area (Å²) in [5.41, 5.74) is -0.243. The predicted molar refractivity (Wildman–Crippen MR) is 86.1 cm³/mol. The number of fused-ring (bicyclic) bond motifs is 2. The van der Waals surface area contributed by atoms with Crippen LogP contribution in [0.15, 0.2) is 18.3 Å². The monoisotopic (exact) mass is 383 g/mol. The quantitative estimate of drug-likeness (QED) is 0.598. The van der Waals surface area contributed by atoms with Gasteiger partial charge in [-0.1, -0.05) is 6.07 Å². The summed E-state index contributed by atoms with van der Waals surface area (Å²) in [6.07, 6.45) is -2.68. The summed E-state index contributed by atoms with van der Waals surface area (Å²) < 4.78 is 45.8. The Morgan fingerprint density at radius 2 is 2.15 bits per heavy atom. The molecule has 27 heavy (non-hydrogen) atoms. The van der Waals surface area contributed by atoms with Crippen LogP contribution in [0.2, 0.25) is 0 Å². The summed E-state index contributed by atoms with van der Waals surface area (Å²) in [5.74, 6) is -0.259. The van der Waals surface area contributed by atoms with Crippen molar-refractivity contribution in [1.29, 1.82) is 0 Å². The van der Waals surface area contributed by atoms with E-state index < -0.39 is 22.4 Å². The van der Waals surface area contributed by atoms with Crippen LogP contribution in [0.4, 0.5) is 19.0 Å². The van der Waals surface area contributed by atoms with Crippen LogP contribution in [0, 0.1) is 10.1 Å². The van der Waals surface area contributed by atoms with Gasteiger partial charge in [0.25, 0.3) is 0 Å². The minimum Gasteiger partial charge on any atom is -0.436 e. The molecule has 0 radical (unpaired) electrons. The van der Waals surface area contributed by atoms with Crippen molar-refractivity contribution in [2.45, 2.75) is 38.2 Å². The molecule has 4 rings (SSSR count). The van der Waals surface area contributed by atoms with Crippen molar-refractivity contribution >= 4 is 5.82 Å². The number of rotatable bonds is 3. The first-order valence-electron chi connectivity index (χ1n) is 8.32. The van der Waals surface area contributed by atoms with Crippen LogP contribution in [-0.4, -0.2) is 43.0 Å². The molecule has 0 amide bonds. The number of hydrogen-bond donors (Lipinski definition) is 0. The topological polar surface area (TPSA) is 86.3 Å². The van der Waals surface area contributed by atoms with E-state index in [4.69, 9.17) is 4.74 Å². The van der Waals surface area contributed by atoms with Gasteiger partial charge in [-0.2, -0.15) is 13.2 Å². The molecule has 0 bridgehead atoms. The summed E-state index contributed by atoms with van der Waals surface area (Å²) in [5, 5.41) is 10.8. The Morgan fingerprint density at radius 3 is 2.81 bits per heavy atom. The Hall–Kier alpha value is -2.69. The highest BCUT2D eigenvalue weighted by Crippen LogP contribution is 2.33. The molecular formula is C16H16F3N5O3. The Labute approximate surface area is 151 Å². The Bertz CT molecular complexity index is 888. The van der Waals surface area contributed by atoms with E-state index in [1.807, 2.05) is 6.92 Å². The lowest BCUT2D eigenvalue weighted by atomic mass is 10.0. The summed E-state index contributed by atoms with van der Waals surface area (Å²) in [6, 6.07) is 2.69. The molecule has 2 aromatic heterocycles. The highest BCUT2D eigenvalue weighted by molar-refractivity contribution is 5.27. The fraction of sp³-hybridized carbons (Fsp3) is 0.500. The number of hydrogen-bond acceptors (Lipinski definition) is 6. The first-order valence-corrected chi connectivity index (χ1v) is 8.32. The zero-order chi connectivity index (χ0) is 19.4. The molecule has 144 valence electrons. The molecule has 11 heteroatoms. The van der Waals surface area contributed by atoms with Crippen molar-refractivity contribution in [1.82, 2.24) is 19.4 Å². The maximum atomic E-state index is 12.8. The molecular weight excluding hydrogens is 367 g/mol. The zero-order valence-corrected chi connectivity index (χ0v) is 14.4. The second-order valence-electron chi connectivity index (χ2n) is 7.08. The van der Waals surface area contributed by atoms with Crippen LogP contribution in [-0.2, 0) is 25.7 Å². The van der Waals surface area contributed by atoms with Crippen molar-refractivity contribution in [3.63, 3.8) is 0 Å². The van der Waals surface area contributed by atoms with Gasteiger partial charge in [0, 0.05) is 36.7 Å². The third-order valence-electron chi connectivity index (χ3n) is 4.73. The lowest BCUT2D eigenvalue weighted by Crippen LogP contribution is -2.46. The molecule has 0 aliphatic carbocycles. The number of nitro groups is 1. The Balaban J connectivity index is 1.44. The summed E-state index contributed by atoms with van der Waals surface area (Å²) in [6.45, 7) is 3.85. The van der Waals surface area contributed by atoms with Crippen molar-refractivity contribution in [3.05, 3.63) is 45.4 Å². The van der Waals surface area contributed by atoms with Crippen LogP contribution < -0.4 is 4.74 Å². The van der Waals surface area contributed by atoms with E-state index in [1.165, 1.54) is 12.3 Å². The maximum absolute atomic E-state index is 12.8. The number of aromatic nitrogens is 3. The van der Waals surface area contributed by atoms with Crippen LogP contribution in [0.3, 0.4) is 0 Å². The van der Waals surface area contributed by atoms with E-state index in [1.54, 1.807) is 4.57 Å². The van der Waals surface area contributed by atoms with E-state index in [9.17, 15) is 23.3 Å². The van der Waals surface area contributed by atoms with Gasteiger partial charge >= 0.3 is 18.0 Å². The van der Waals surface area contributed by atoms with Gasteiger partial charge in [0.15, 0.2) is 0 Å². The number of ether oxygens (including phenoxy) is 1. The standard InChI is InChI=1S/C16H16F3N5O3/c1-15(9-23-7-13(24(25)26)21-14(23)27-15)8-22-5-4-11-10(6-22)2-3-12(20-11)16(17,18)19/h2-3,7H,4-6,8-9H2,1H3. The second kappa shape index (κ2) is 5.91. The summed E-state index contributed by atoms with van der Waals surface area (Å²) in [7, 11) is 0. The fourth-order valence-electron chi connectivity index (χ4n) is 3.60. The predicted octanol–water partition coefficient (Wildman–Crippen LogP) is 2.41. The van der Waals surface area contributed by atoms with Crippen molar-refractivity contribution in [2.75, 3.05) is 13.1 Å². The molecule has 2 aliphatic rings. The van der Waals surface area contributed by atoms with Gasteiger partial charge in [-0.05, 0) is 23.5 Å². The molecule has 2 aliphatic heterocycles. The van der Waals surface area contributed by atoms with E-state index in [-0.39, 0.29) is 11.8 Å². The normalized spacial score (nSPS) is 22.2. The molecule has 1 atom stereocenters. The van der Waals surface area contributed by atoms with Crippen LogP contribution in [0.5, 0.6) is 6.01 Å². The molecule has 0 saturated carbocycles. The highest BCUT2D eigenvalue weighted by Gasteiger charge is 2.42. The Kier molecular flexibility index (Phi) is 3.88. The van der Waals surface area contributed by atoms with Crippen LogP contribution in [0.25, 0.3) is 0 Å². The van der Waals surface area contributed by atoms with E-state index in [2.05, 4.69) is 14.9 Å². The molecule has 0 saturated heterocycles. The smallest absolute Gasteiger partial charge is 0.433 e. The van der Waals surface area contributed by atoms with Crippen molar-refractivity contribution < 1.29 is 22.8 Å². The second-order valence-corrected chi connectivity index (χ2v) is 7.08. The van der Waals surface area contributed by atoms with Crippen molar-refractivity contribution in [2.24, 2.45) is 0 Å². The lowest BCUT2D eigenvalue weighted by molar-refractivity contribution is -0.389. The molecule has 1 unspecified atom stereocenters. The summed E-state index contributed by atoms with van der Waals surface area (Å²) >= 11 is 0.